The number of carboxylic acids is 1. The number of hydrogen-bond donors (Lipinski definition) is 2. The van der Waals surface area contributed by atoms with E-state index in [-0.39, 0.29) is 6.42 Å². The molecule has 7 heteroatoms. The van der Waals surface area contributed by atoms with Gasteiger partial charge in [0, 0.05) is 23.1 Å². The van der Waals surface area contributed by atoms with Gasteiger partial charge in [-0.3, -0.25) is 4.79 Å². The van der Waals surface area contributed by atoms with Gasteiger partial charge < -0.3 is 19.9 Å². The van der Waals surface area contributed by atoms with Gasteiger partial charge in [-0.05, 0) is 23.8 Å². The minimum absolute atomic E-state index is 0.00704. The third-order valence-corrected chi connectivity index (χ3v) is 3.97. The van der Waals surface area contributed by atoms with Crippen LogP contribution in [0.1, 0.15) is 15.9 Å². The Morgan fingerprint density at radius 2 is 1.72 bits per heavy atom. The summed E-state index contributed by atoms with van der Waals surface area (Å²) in [7, 11) is 2.95. The molecule has 25 heavy (non-hydrogen) atoms. The van der Waals surface area contributed by atoms with Crippen LogP contribution in [0.5, 0.6) is 11.5 Å². The van der Waals surface area contributed by atoms with Crippen LogP contribution in [0.2, 0.25) is 5.02 Å². The Balaban J connectivity index is 2.22. The normalized spacial score (nSPS) is 11.5. The van der Waals surface area contributed by atoms with Gasteiger partial charge in [-0.2, -0.15) is 0 Å². The number of rotatable bonds is 7. The zero-order valence-electron chi connectivity index (χ0n) is 13.8. The highest BCUT2D eigenvalue weighted by Crippen LogP contribution is 2.33. The van der Waals surface area contributed by atoms with Gasteiger partial charge in [-0.15, -0.1) is 0 Å². The molecule has 0 aliphatic carbocycles. The van der Waals surface area contributed by atoms with E-state index in [4.69, 9.17) is 21.1 Å². The lowest BCUT2D eigenvalue weighted by molar-refractivity contribution is -0.139. The maximum absolute atomic E-state index is 12.2. The molecule has 0 aliphatic rings. The lowest BCUT2D eigenvalue weighted by Gasteiger charge is -2.17. The zero-order chi connectivity index (χ0) is 18.4. The quantitative estimate of drug-likeness (QED) is 0.790. The molecule has 2 rings (SSSR count). The van der Waals surface area contributed by atoms with E-state index in [1.807, 2.05) is 0 Å². The summed E-state index contributed by atoms with van der Waals surface area (Å²) in [5, 5.41) is 12.3. The van der Waals surface area contributed by atoms with Crippen molar-refractivity contribution in [2.45, 2.75) is 12.5 Å². The second kappa shape index (κ2) is 8.39. The van der Waals surface area contributed by atoms with E-state index >= 15 is 0 Å². The molecule has 1 unspecified atom stereocenters. The highest BCUT2D eigenvalue weighted by molar-refractivity contribution is 6.31. The van der Waals surface area contributed by atoms with Crippen molar-refractivity contribution in [3.05, 3.63) is 58.6 Å². The van der Waals surface area contributed by atoms with E-state index in [0.717, 1.165) is 0 Å². The van der Waals surface area contributed by atoms with Gasteiger partial charge in [0.15, 0.2) is 11.5 Å². The molecule has 0 heterocycles. The molecule has 0 spiro atoms. The van der Waals surface area contributed by atoms with Crippen LogP contribution in [0.15, 0.2) is 42.5 Å². The molecular weight excluding hydrogens is 346 g/mol. The van der Waals surface area contributed by atoms with Crippen molar-refractivity contribution in [2.24, 2.45) is 0 Å². The van der Waals surface area contributed by atoms with Crippen molar-refractivity contribution < 1.29 is 24.2 Å². The fraction of sp³-hybridized carbons (Fsp3) is 0.222. The zero-order valence-corrected chi connectivity index (χ0v) is 14.5. The number of carboxylic acid groups (broad SMARTS) is 1. The Hall–Kier alpha value is -2.73. The number of methoxy groups -OCH3 is 2. The summed E-state index contributed by atoms with van der Waals surface area (Å²) < 4.78 is 10.4. The summed E-state index contributed by atoms with van der Waals surface area (Å²) in [6.07, 6.45) is 0.00704. The third kappa shape index (κ3) is 4.64. The highest BCUT2D eigenvalue weighted by Gasteiger charge is 2.23. The van der Waals surface area contributed by atoms with Gasteiger partial charge >= 0.3 is 5.97 Å². The molecule has 132 valence electrons. The van der Waals surface area contributed by atoms with Crippen LogP contribution in [0.3, 0.4) is 0 Å². The molecule has 0 aromatic heterocycles. The van der Waals surface area contributed by atoms with Crippen molar-refractivity contribution >= 4 is 23.5 Å². The standard InChI is InChI=1S/C18H18ClNO5/c1-24-15-9-12(13(19)10-16(15)25-2)8-14(18(22)23)20-17(21)11-6-4-3-5-7-11/h3-7,9-10,14H,8H2,1-2H3,(H,20,21)(H,22,23). The van der Waals surface area contributed by atoms with Crippen molar-refractivity contribution in [1.82, 2.24) is 5.32 Å². The molecular formula is C18H18ClNO5. The van der Waals surface area contributed by atoms with Crippen LogP contribution in [0.25, 0.3) is 0 Å². The predicted octanol–water partition coefficient (Wildman–Crippen LogP) is 2.78. The molecule has 1 amide bonds. The van der Waals surface area contributed by atoms with Crippen molar-refractivity contribution in [1.29, 1.82) is 0 Å². The summed E-state index contributed by atoms with van der Waals surface area (Å²) in [6, 6.07) is 10.4. The van der Waals surface area contributed by atoms with Crippen molar-refractivity contribution in [3.8, 4) is 11.5 Å². The number of carbonyl (C=O) groups is 2. The first-order chi connectivity index (χ1) is 12.0. The second-order valence-electron chi connectivity index (χ2n) is 5.23. The molecule has 2 aromatic rings. The fourth-order valence-electron chi connectivity index (χ4n) is 2.30. The largest absolute Gasteiger partial charge is 0.493 e. The minimum atomic E-state index is -1.16. The van der Waals surface area contributed by atoms with E-state index in [0.29, 0.717) is 27.6 Å². The number of amides is 1. The van der Waals surface area contributed by atoms with Gasteiger partial charge in [-0.25, -0.2) is 4.79 Å². The van der Waals surface area contributed by atoms with E-state index in [9.17, 15) is 14.7 Å². The molecule has 2 N–H and O–H groups in total. The molecule has 0 aliphatic heterocycles. The molecule has 0 radical (unpaired) electrons. The molecule has 2 aromatic carbocycles. The highest BCUT2D eigenvalue weighted by atomic mass is 35.5. The number of aliphatic carboxylic acids is 1. The number of hydrogen-bond acceptors (Lipinski definition) is 4. The maximum atomic E-state index is 12.2. The molecule has 0 saturated heterocycles. The summed E-state index contributed by atoms with van der Waals surface area (Å²) in [5.74, 6) is -0.753. The number of nitrogens with one attached hydrogen (secondary N) is 1. The van der Waals surface area contributed by atoms with Crippen LogP contribution >= 0.6 is 11.6 Å². The Morgan fingerprint density at radius 1 is 1.12 bits per heavy atom. The molecule has 6 nitrogen and oxygen atoms in total. The van der Waals surface area contributed by atoms with E-state index in [1.165, 1.54) is 14.2 Å². The van der Waals surface area contributed by atoms with Gasteiger partial charge in [0.1, 0.15) is 6.04 Å². The van der Waals surface area contributed by atoms with Crippen LogP contribution in [0, 0.1) is 0 Å². The number of ether oxygens (including phenoxy) is 2. The Labute approximate surface area is 150 Å². The average Bonchev–Trinajstić information content (AvgIpc) is 2.62. The lowest BCUT2D eigenvalue weighted by atomic mass is 10.0. The van der Waals surface area contributed by atoms with Gasteiger partial charge in [0.2, 0.25) is 0 Å². The van der Waals surface area contributed by atoms with Crippen LogP contribution < -0.4 is 14.8 Å². The summed E-state index contributed by atoms with van der Waals surface area (Å²) in [4.78, 5) is 23.8. The topological polar surface area (TPSA) is 84.9 Å². The fourth-order valence-corrected chi connectivity index (χ4v) is 2.53. The SMILES string of the molecule is COc1cc(Cl)c(CC(NC(=O)c2ccccc2)C(=O)O)cc1OC. The number of carbonyl (C=O) groups excluding carboxylic acids is 1. The van der Waals surface area contributed by atoms with E-state index in [1.54, 1.807) is 42.5 Å². The first kappa shape index (κ1) is 18.6. The van der Waals surface area contributed by atoms with Crippen LogP contribution in [-0.2, 0) is 11.2 Å². The molecule has 1 atom stereocenters. The lowest BCUT2D eigenvalue weighted by Crippen LogP contribution is -2.42. The first-order valence-corrected chi connectivity index (χ1v) is 7.83. The monoisotopic (exact) mass is 363 g/mol. The Morgan fingerprint density at radius 3 is 2.28 bits per heavy atom. The number of benzene rings is 2. The van der Waals surface area contributed by atoms with Crippen LogP contribution in [-0.4, -0.2) is 37.2 Å². The first-order valence-electron chi connectivity index (χ1n) is 7.45. The molecule has 0 fully saturated rings. The maximum Gasteiger partial charge on any atom is 0.326 e. The summed E-state index contributed by atoms with van der Waals surface area (Å²) in [6.45, 7) is 0. The summed E-state index contributed by atoms with van der Waals surface area (Å²) >= 11 is 6.20. The molecule has 0 saturated carbocycles. The minimum Gasteiger partial charge on any atom is -0.493 e. The van der Waals surface area contributed by atoms with Crippen LogP contribution in [0.4, 0.5) is 0 Å². The summed E-state index contributed by atoms with van der Waals surface area (Å²) in [5.41, 5.74) is 0.909. The predicted molar refractivity (Wildman–Crippen MR) is 93.6 cm³/mol. The van der Waals surface area contributed by atoms with Gasteiger partial charge in [0.25, 0.3) is 5.91 Å². The van der Waals surface area contributed by atoms with Crippen molar-refractivity contribution in [3.63, 3.8) is 0 Å². The molecule has 0 bridgehead atoms. The Bertz CT molecular complexity index is 764. The van der Waals surface area contributed by atoms with Gasteiger partial charge in [0.05, 0.1) is 14.2 Å². The second-order valence-corrected chi connectivity index (χ2v) is 5.64. The van der Waals surface area contributed by atoms with E-state index < -0.39 is 17.9 Å². The van der Waals surface area contributed by atoms with E-state index in [2.05, 4.69) is 5.32 Å². The number of halogens is 1. The average molecular weight is 364 g/mol. The smallest absolute Gasteiger partial charge is 0.326 e. The van der Waals surface area contributed by atoms with Crippen molar-refractivity contribution in [2.75, 3.05) is 14.2 Å². The Kier molecular flexibility index (Phi) is 6.25. The third-order valence-electron chi connectivity index (χ3n) is 3.62. The van der Waals surface area contributed by atoms with Gasteiger partial charge in [-0.1, -0.05) is 29.8 Å².